The van der Waals surface area contributed by atoms with Gasteiger partial charge in [-0.1, -0.05) is 27.0 Å². The Morgan fingerprint density at radius 3 is 2.37 bits per heavy atom. The molecule has 0 fully saturated rings. The monoisotopic (exact) mass is 486 g/mol. The average Bonchev–Trinajstić information content (AvgIpc) is 3.34. The van der Waals surface area contributed by atoms with Crippen LogP contribution in [0.5, 0.6) is 0 Å². The number of hydrogen-bond donors (Lipinski definition) is 3. The Hall–Kier alpha value is -3.59. The molecule has 1 aromatic carbocycles. The van der Waals surface area contributed by atoms with Crippen LogP contribution in [0.2, 0.25) is 0 Å². The zero-order chi connectivity index (χ0) is 26.2. The van der Waals surface area contributed by atoms with Crippen molar-refractivity contribution in [3.8, 4) is 11.1 Å². The third kappa shape index (κ3) is 7.19. The topological polar surface area (TPSA) is 80.8 Å². The van der Waals surface area contributed by atoms with Gasteiger partial charge in [0.25, 0.3) is 0 Å². The smallest absolute Gasteiger partial charge is 0.384 e. The Morgan fingerprint density at radius 2 is 1.83 bits per heavy atom. The van der Waals surface area contributed by atoms with Gasteiger partial charge in [-0.25, -0.2) is 4.98 Å². The summed E-state index contributed by atoms with van der Waals surface area (Å²) >= 11 is 0. The van der Waals surface area contributed by atoms with Crippen LogP contribution >= 0.6 is 0 Å². The van der Waals surface area contributed by atoms with Crippen molar-refractivity contribution < 1.29 is 13.2 Å². The number of halogens is 3. The third-order valence-corrected chi connectivity index (χ3v) is 5.07. The lowest BCUT2D eigenvalue weighted by atomic mass is 9.97. The van der Waals surface area contributed by atoms with Crippen LogP contribution in [0, 0.1) is 0 Å². The number of benzene rings is 1. The molecule has 35 heavy (non-hydrogen) atoms. The first-order chi connectivity index (χ1) is 16.6. The minimum absolute atomic E-state index is 0.181. The molecule has 0 aliphatic rings. The highest BCUT2D eigenvalue weighted by Gasteiger charge is 2.30. The van der Waals surface area contributed by atoms with E-state index in [0.29, 0.717) is 29.3 Å². The van der Waals surface area contributed by atoms with Crippen LogP contribution in [0.4, 0.5) is 24.7 Å². The largest absolute Gasteiger partial charge is 0.416 e. The summed E-state index contributed by atoms with van der Waals surface area (Å²) in [6, 6.07) is 6.28. The molecule has 2 heterocycles. The number of aromatic nitrogens is 3. The summed E-state index contributed by atoms with van der Waals surface area (Å²) < 4.78 is 40.6. The van der Waals surface area contributed by atoms with Gasteiger partial charge in [0.2, 0.25) is 0 Å². The first-order valence-corrected chi connectivity index (χ1v) is 11.4. The van der Waals surface area contributed by atoms with E-state index in [2.05, 4.69) is 33.9 Å². The molecular weight excluding hydrogens is 453 g/mol. The van der Waals surface area contributed by atoms with Gasteiger partial charge in [-0.3, -0.25) is 4.68 Å². The van der Waals surface area contributed by atoms with Crippen LogP contribution in [0.3, 0.4) is 0 Å². The molecule has 3 rings (SSSR count). The summed E-state index contributed by atoms with van der Waals surface area (Å²) in [5.74, 6) is 0.447. The van der Waals surface area contributed by atoms with Crippen LogP contribution in [-0.4, -0.2) is 21.3 Å². The molecule has 0 radical (unpaired) electrons. The van der Waals surface area contributed by atoms with Gasteiger partial charge in [0.05, 0.1) is 17.8 Å². The van der Waals surface area contributed by atoms with Gasteiger partial charge in [0.15, 0.2) is 0 Å². The molecule has 1 unspecified atom stereocenters. The Balaban J connectivity index is 0.00000210. The lowest BCUT2D eigenvalue weighted by Crippen LogP contribution is -2.27. The van der Waals surface area contributed by atoms with E-state index in [-0.39, 0.29) is 6.04 Å². The SMILES string of the molecule is C=CC(=C)NCC(N)c1c(-c2cnn(C(C)C)c2)ccnc1Nc1ccc(C(F)(F)F)cc1.CC. The molecular formula is C26H33F3N6. The number of alkyl halides is 3. The quantitative estimate of drug-likeness (QED) is 0.297. The summed E-state index contributed by atoms with van der Waals surface area (Å²) in [5, 5.41) is 10.6. The summed E-state index contributed by atoms with van der Waals surface area (Å²) in [7, 11) is 0. The summed E-state index contributed by atoms with van der Waals surface area (Å²) in [5.41, 5.74) is 9.29. The first kappa shape index (κ1) is 27.7. The predicted octanol–water partition coefficient (Wildman–Crippen LogP) is 6.60. The van der Waals surface area contributed by atoms with E-state index < -0.39 is 17.8 Å². The number of nitrogens with one attached hydrogen (secondary N) is 2. The van der Waals surface area contributed by atoms with Crippen LogP contribution < -0.4 is 16.4 Å². The number of rotatable bonds is 9. The molecule has 6 nitrogen and oxygen atoms in total. The van der Waals surface area contributed by atoms with Gasteiger partial charge >= 0.3 is 6.18 Å². The maximum atomic E-state index is 12.9. The van der Waals surface area contributed by atoms with Crippen molar-refractivity contribution in [1.29, 1.82) is 0 Å². The average molecular weight is 487 g/mol. The van der Waals surface area contributed by atoms with Crippen LogP contribution in [0.15, 0.2) is 73.9 Å². The number of nitrogens with two attached hydrogens (primary N) is 1. The van der Waals surface area contributed by atoms with E-state index in [1.165, 1.54) is 12.1 Å². The van der Waals surface area contributed by atoms with Crippen molar-refractivity contribution >= 4 is 11.5 Å². The molecule has 0 aliphatic heterocycles. The van der Waals surface area contributed by atoms with Crippen molar-refractivity contribution in [3.63, 3.8) is 0 Å². The molecule has 2 aromatic heterocycles. The van der Waals surface area contributed by atoms with Crippen molar-refractivity contribution in [2.24, 2.45) is 5.73 Å². The van der Waals surface area contributed by atoms with Crippen molar-refractivity contribution in [3.05, 3.63) is 85.0 Å². The minimum atomic E-state index is -4.40. The lowest BCUT2D eigenvalue weighted by Gasteiger charge is -2.21. The van der Waals surface area contributed by atoms with Crippen LogP contribution in [-0.2, 0) is 6.18 Å². The third-order valence-electron chi connectivity index (χ3n) is 5.07. The first-order valence-electron chi connectivity index (χ1n) is 11.4. The van der Waals surface area contributed by atoms with E-state index in [4.69, 9.17) is 5.73 Å². The molecule has 0 amide bonds. The second kappa shape index (κ2) is 12.2. The van der Waals surface area contributed by atoms with E-state index in [9.17, 15) is 13.2 Å². The molecule has 0 aliphatic carbocycles. The Morgan fingerprint density at radius 1 is 1.17 bits per heavy atom. The van der Waals surface area contributed by atoms with E-state index in [1.54, 1.807) is 18.5 Å². The molecule has 3 aromatic rings. The second-order valence-corrected chi connectivity index (χ2v) is 7.84. The van der Waals surface area contributed by atoms with Gasteiger partial charge in [-0.2, -0.15) is 18.3 Å². The molecule has 0 saturated heterocycles. The highest BCUT2D eigenvalue weighted by Crippen LogP contribution is 2.34. The second-order valence-electron chi connectivity index (χ2n) is 7.84. The standard InChI is InChI=1S/C24H27F3N6.C2H6/c1-5-16(4)30-13-21(28)22-20(17-12-31-33(14-17)15(2)3)10-11-29-23(22)32-19-8-6-18(7-9-19)24(25,26)27;1-2/h5-12,14-15,21,30H,1,4,13,28H2,2-3H3,(H,29,32);1-2H3. The molecule has 0 spiro atoms. The van der Waals surface area contributed by atoms with E-state index >= 15 is 0 Å². The number of hydrogen-bond acceptors (Lipinski definition) is 5. The Kier molecular flexibility index (Phi) is 9.65. The van der Waals surface area contributed by atoms with Gasteiger partial charge in [-0.05, 0) is 55.8 Å². The number of anilines is 2. The number of allylic oxidation sites excluding steroid dienone is 1. The molecule has 0 saturated carbocycles. The fraction of sp³-hybridized carbons (Fsp3) is 0.308. The van der Waals surface area contributed by atoms with Crippen LogP contribution in [0.1, 0.15) is 50.9 Å². The normalized spacial score (nSPS) is 11.9. The van der Waals surface area contributed by atoms with Crippen molar-refractivity contribution in [1.82, 2.24) is 20.1 Å². The Labute approximate surface area is 204 Å². The van der Waals surface area contributed by atoms with Crippen molar-refractivity contribution in [2.75, 3.05) is 11.9 Å². The van der Waals surface area contributed by atoms with Crippen LogP contribution in [0.25, 0.3) is 11.1 Å². The number of pyridine rings is 1. The molecule has 9 heteroatoms. The summed E-state index contributed by atoms with van der Waals surface area (Å²) in [4.78, 5) is 4.43. The molecule has 4 N–H and O–H groups in total. The summed E-state index contributed by atoms with van der Waals surface area (Å²) in [6.45, 7) is 15.9. The predicted molar refractivity (Wildman–Crippen MR) is 136 cm³/mol. The maximum absolute atomic E-state index is 12.9. The fourth-order valence-corrected chi connectivity index (χ4v) is 3.25. The molecule has 188 valence electrons. The van der Waals surface area contributed by atoms with Gasteiger partial charge in [0, 0.05) is 47.5 Å². The fourth-order valence-electron chi connectivity index (χ4n) is 3.25. The highest BCUT2D eigenvalue weighted by molar-refractivity contribution is 5.74. The van der Waals surface area contributed by atoms with Gasteiger partial charge < -0.3 is 16.4 Å². The molecule has 0 bridgehead atoms. The molecule has 1 atom stereocenters. The van der Waals surface area contributed by atoms with Gasteiger partial charge in [-0.15, -0.1) is 0 Å². The maximum Gasteiger partial charge on any atom is 0.416 e. The minimum Gasteiger partial charge on any atom is -0.384 e. The summed E-state index contributed by atoms with van der Waals surface area (Å²) in [6.07, 6.45) is 2.49. The zero-order valence-electron chi connectivity index (χ0n) is 20.5. The van der Waals surface area contributed by atoms with Crippen molar-refractivity contribution in [2.45, 2.75) is 46.0 Å². The zero-order valence-corrected chi connectivity index (χ0v) is 20.5. The highest BCUT2D eigenvalue weighted by atomic mass is 19.4. The lowest BCUT2D eigenvalue weighted by molar-refractivity contribution is -0.137. The van der Waals surface area contributed by atoms with E-state index in [0.717, 1.165) is 23.3 Å². The van der Waals surface area contributed by atoms with Gasteiger partial charge in [0.1, 0.15) is 5.82 Å². The number of nitrogens with zero attached hydrogens (tertiary/aromatic N) is 3. The Bertz CT molecular complexity index is 1120. The van der Waals surface area contributed by atoms with E-state index in [1.807, 2.05) is 44.6 Å².